The summed E-state index contributed by atoms with van der Waals surface area (Å²) in [7, 11) is 0. The number of amides is 2. The van der Waals surface area contributed by atoms with Crippen LogP contribution in [0.5, 0.6) is 0 Å². The summed E-state index contributed by atoms with van der Waals surface area (Å²) in [4.78, 5) is 27.0. The average Bonchev–Trinajstić information content (AvgIpc) is 2.40. The highest BCUT2D eigenvalue weighted by molar-refractivity contribution is 5.87. The van der Waals surface area contributed by atoms with Gasteiger partial charge in [0.15, 0.2) is 0 Å². The monoisotopic (exact) mass is 265 g/mol. The van der Waals surface area contributed by atoms with Crippen molar-refractivity contribution in [1.29, 1.82) is 0 Å². The standard InChI is InChI=1S/C14H23N3O2/c1-3-5-13(18)15-7-8-16-9-11-17(12-10-16)14(19)6-4-2/h3-6H,7-12H2,1-2H3,(H,15,18)/b5-3-,6-4-. The molecule has 0 saturated carbocycles. The molecule has 1 aliphatic rings. The Kier molecular flexibility index (Phi) is 6.89. The number of hydrogen-bond acceptors (Lipinski definition) is 3. The number of carbonyl (C=O) groups is 2. The molecule has 0 radical (unpaired) electrons. The highest BCUT2D eigenvalue weighted by Gasteiger charge is 2.18. The van der Waals surface area contributed by atoms with Gasteiger partial charge in [0.25, 0.3) is 0 Å². The number of carbonyl (C=O) groups excluding carboxylic acids is 2. The zero-order valence-corrected chi connectivity index (χ0v) is 11.8. The van der Waals surface area contributed by atoms with Gasteiger partial charge in [0.05, 0.1) is 0 Å². The molecule has 5 heteroatoms. The lowest BCUT2D eigenvalue weighted by molar-refractivity contribution is -0.127. The number of piperazine rings is 1. The van der Waals surface area contributed by atoms with Crippen LogP contribution in [0, 0.1) is 0 Å². The molecule has 1 aliphatic heterocycles. The van der Waals surface area contributed by atoms with Crippen molar-refractivity contribution in [2.75, 3.05) is 39.3 Å². The van der Waals surface area contributed by atoms with E-state index in [-0.39, 0.29) is 11.8 Å². The lowest BCUT2D eigenvalue weighted by Gasteiger charge is -2.34. The predicted molar refractivity (Wildman–Crippen MR) is 75.7 cm³/mol. The van der Waals surface area contributed by atoms with Crippen LogP contribution >= 0.6 is 0 Å². The molecule has 0 unspecified atom stereocenters. The lowest BCUT2D eigenvalue weighted by Crippen LogP contribution is -2.49. The summed E-state index contributed by atoms with van der Waals surface area (Å²) < 4.78 is 0. The molecule has 19 heavy (non-hydrogen) atoms. The van der Waals surface area contributed by atoms with Crippen LogP contribution < -0.4 is 5.32 Å². The minimum absolute atomic E-state index is 0.0515. The second-order valence-electron chi connectivity index (χ2n) is 4.46. The maximum absolute atomic E-state index is 11.6. The van der Waals surface area contributed by atoms with E-state index in [0.29, 0.717) is 6.54 Å². The van der Waals surface area contributed by atoms with E-state index in [1.54, 1.807) is 18.2 Å². The molecule has 0 spiro atoms. The van der Waals surface area contributed by atoms with E-state index in [2.05, 4.69) is 10.2 Å². The first-order valence-corrected chi connectivity index (χ1v) is 6.72. The van der Waals surface area contributed by atoms with Gasteiger partial charge in [-0.05, 0) is 26.0 Å². The molecule has 106 valence electrons. The van der Waals surface area contributed by atoms with Gasteiger partial charge in [-0.3, -0.25) is 14.5 Å². The normalized spacial score (nSPS) is 17.3. The zero-order valence-electron chi connectivity index (χ0n) is 11.8. The Bertz CT molecular complexity index is 353. The molecule has 0 aliphatic carbocycles. The largest absolute Gasteiger partial charge is 0.351 e. The second-order valence-corrected chi connectivity index (χ2v) is 4.46. The van der Waals surface area contributed by atoms with Crippen molar-refractivity contribution in [3.63, 3.8) is 0 Å². The first-order valence-electron chi connectivity index (χ1n) is 6.72. The Morgan fingerprint density at radius 1 is 1.05 bits per heavy atom. The molecule has 2 amide bonds. The molecule has 5 nitrogen and oxygen atoms in total. The van der Waals surface area contributed by atoms with Gasteiger partial charge in [-0.25, -0.2) is 0 Å². The molecule has 1 rings (SSSR count). The molecule has 1 N–H and O–H groups in total. The summed E-state index contributed by atoms with van der Waals surface area (Å²) in [5, 5.41) is 2.83. The smallest absolute Gasteiger partial charge is 0.246 e. The highest BCUT2D eigenvalue weighted by atomic mass is 16.2. The van der Waals surface area contributed by atoms with E-state index in [1.807, 2.05) is 18.7 Å². The minimum atomic E-state index is -0.0515. The number of nitrogens with zero attached hydrogens (tertiary/aromatic N) is 2. The summed E-state index contributed by atoms with van der Waals surface area (Å²) in [5.41, 5.74) is 0. The molecule has 0 bridgehead atoms. The summed E-state index contributed by atoms with van der Waals surface area (Å²) >= 11 is 0. The van der Waals surface area contributed by atoms with E-state index in [1.165, 1.54) is 6.08 Å². The van der Waals surface area contributed by atoms with Crippen LogP contribution in [-0.4, -0.2) is 60.9 Å². The maximum Gasteiger partial charge on any atom is 0.246 e. The zero-order chi connectivity index (χ0) is 14.1. The van der Waals surface area contributed by atoms with Crippen LogP contribution in [0.2, 0.25) is 0 Å². The minimum Gasteiger partial charge on any atom is -0.351 e. The topological polar surface area (TPSA) is 52.7 Å². The fourth-order valence-electron chi connectivity index (χ4n) is 1.99. The number of hydrogen-bond donors (Lipinski definition) is 1. The third kappa shape index (κ3) is 5.70. The fourth-order valence-corrected chi connectivity index (χ4v) is 1.99. The molecular formula is C14H23N3O2. The highest BCUT2D eigenvalue weighted by Crippen LogP contribution is 2.02. The predicted octanol–water partition coefficient (Wildman–Crippen LogP) is 0.399. The van der Waals surface area contributed by atoms with Gasteiger partial charge in [-0.1, -0.05) is 12.2 Å². The van der Waals surface area contributed by atoms with E-state index in [9.17, 15) is 9.59 Å². The molecule has 1 heterocycles. The van der Waals surface area contributed by atoms with Gasteiger partial charge in [-0.15, -0.1) is 0 Å². The molecule has 0 aromatic rings. The lowest BCUT2D eigenvalue weighted by atomic mass is 10.3. The second kappa shape index (κ2) is 8.48. The van der Waals surface area contributed by atoms with E-state index in [0.717, 1.165) is 32.7 Å². The summed E-state index contributed by atoms with van der Waals surface area (Å²) in [5.74, 6) is 0.0351. The quantitative estimate of drug-likeness (QED) is 0.732. The molecule has 1 fully saturated rings. The first-order chi connectivity index (χ1) is 9.17. The third-order valence-corrected chi connectivity index (χ3v) is 3.04. The van der Waals surface area contributed by atoms with Crippen molar-refractivity contribution < 1.29 is 9.59 Å². The summed E-state index contributed by atoms with van der Waals surface area (Å²) in [6, 6.07) is 0. The van der Waals surface area contributed by atoms with Crippen LogP contribution in [0.15, 0.2) is 24.3 Å². The van der Waals surface area contributed by atoms with Crippen molar-refractivity contribution in [3.05, 3.63) is 24.3 Å². The fraction of sp³-hybridized carbons (Fsp3) is 0.571. The van der Waals surface area contributed by atoms with Gasteiger partial charge < -0.3 is 10.2 Å². The van der Waals surface area contributed by atoms with Gasteiger partial charge in [0, 0.05) is 39.3 Å². The van der Waals surface area contributed by atoms with E-state index in [4.69, 9.17) is 0 Å². The average molecular weight is 265 g/mol. The van der Waals surface area contributed by atoms with Crippen molar-refractivity contribution in [3.8, 4) is 0 Å². The maximum atomic E-state index is 11.6. The number of nitrogens with one attached hydrogen (secondary N) is 1. The Hall–Kier alpha value is -1.62. The summed E-state index contributed by atoms with van der Waals surface area (Å²) in [6.07, 6.45) is 6.62. The van der Waals surface area contributed by atoms with Crippen LogP contribution in [-0.2, 0) is 9.59 Å². The summed E-state index contributed by atoms with van der Waals surface area (Å²) in [6.45, 7) is 8.38. The van der Waals surface area contributed by atoms with Gasteiger partial charge in [-0.2, -0.15) is 0 Å². The van der Waals surface area contributed by atoms with Gasteiger partial charge in [0.1, 0.15) is 0 Å². The van der Waals surface area contributed by atoms with E-state index < -0.39 is 0 Å². The van der Waals surface area contributed by atoms with Crippen LogP contribution in [0.3, 0.4) is 0 Å². The van der Waals surface area contributed by atoms with Crippen molar-refractivity contribution in [2.45, 2.75) is 13.8 Å². The number of rotatable bonds is 5. The Morgan fingerprint density at radius 3 is 2.26 bits per heavy atom. The van der Waals surface area contributed by atoms with Gasteiger partial charge in [0.2, 0.25) is 11.8 Å². The Morgan fingerprint density at radius 2 is 1.68 bits per heavy atom. The van der Waals surface area contributed by atoms with Crippen molar-refractivity contribution in [2.24, 2.45) is 0 Å². The SMILES string of the molecule is C/C=C\C(=O)NCCN1CCN(C(=O)/C=C\C)CC1. The number of allylic oxidation sites excluding steroid dienone is 2. The van der Waals surface area contributed by atoms with Crippen LogP contribution in [0.4, 0.5) is 0 Å². The molecule has 0 atom stereocenters. The molecular weight excluding hydrogens is 242 g/mol. The molecule has 0 aromatic heterocycles. The van der Waals surface area contributed by atoms with Crippen LogP contribution in [0.1, 0.15) is 13.8 Å². The molecule has 1 saturated heterocycles. The van der Waals surface area contributed by atoms with E-state index >= 15 is 0 Å². The Labute approximate surface area is 114 Å². The van der Waals surface area contributed by atoms with Crippen molar-refractivity contribution >= 4 is 11.8 Å². The van der Waals surface area contributed by atoms with Crippen LogP contribution in [0.25, 0.3) is 0 Å². The van der Waals surface area contributed by atoms with Gasteiger partial charge >= 0.3 is 0 Å². The third-order valence-electron chi connectivity index (χ3n) is 3.04. The van der Waals surface area contributed by atoms with Crippen molar-refractivity contribution in [1.82, 2.24) is 15.1 Å². The first kappa shape index (κ1) is 15.4. The molecule has 0 aromatic carbocycles. The Balaban J connectivity index is 2.20.